The average molecular weight is 167 g/mol. The second-order valence-electron chi connectivity index (χ2n) is 3.48. The van der Waals surface area contributed by atoms with Gasteiger partial charge in [0.1, 0.15) is 0 Å². The molecule has 0 bridgehead atoms. The molecule has 12 heavy (non-hydrogen) atoms. The molecule has 0 aliphatic carbocycles. The van der Waals surface area contributed by atoms with E-state index >= 15 is 0 Å². The van der Waals surface area contributed by atoms with Crippen LogP contribution in [0.1, 0.15) is 40.5 Å². The van der Waals surface area contributed by atoms with Gasteiger partial charge in [0.2, 0.25) is 0 Å². The third-order valence-corrected chi connectivity index (χ3v) is 2.09. The van der Waals surface area contributed by atoms with Crippen LogP contribution in [0.15, 0.2) is 22.9 Å². The summed E-state index contributed by atoms with van der Waals surface area (Å²) in [6, 6.07) is 0. The minimum atomic E-state index is 1.16. The molecule has 0 atom stereocenters. The fourth-order valence-electron chi connectivity index (χ4n) is 0.978. The second kappa shape index (κ2) is 5.87. The highest BCUT2D eigenvalue weighted by atomic mass is 14.8. The van der Waals surface area contributed by atoms with E-state index in [2.05, 4.69) is 39.1 Å². The summed E-state index contributed by atoms with van der Waals surface area (Å²) in [7, 11) is 1.97. The highest BCUT2D eigenvalue weighted by molar-refractivity contribution is 5.08. The molecule has 0 aliphatic heterocycles. The molecule has 0 aromatic rings. The van der Waals surface area contributed by atoms with Gasteiger partial charge < -0.3 is 5.32 Å². The predicted octanol–water partition coefficient (Wildman–Crippen LogP) is 3.25. The van der Waals surface area contributed by atoms with Crippen LogP contribution in [0.3, 0.4) is 0 Å². The van der Waals surface area contributed by atoms with Crippen LogP contribution in [0.4, 0.5) is 0 Å². The van der Waals surface area contributed by atoms with Gasteiger partial charge in [-0.05, 0) is 40.5 Å². The molecular weight excluding hydrogens is 146 g/mol. The van der Waals surface area contributed by atoms with E-state index in [4.69, 9.17) is 0 Å². The van der Waals surface area contributed by atoms with Crippen molar-refractivity contribution in [3.8, 4) is 0 Å². The lowest BCUT2D eigenvalue weighted by molar-refractivity contribution is 0.883. The van der Waals surface area contributed by atoms with Gasteiger partial charge in [0.25, 0.3) is 0 Å². The number of rotatable bonds is 4. The Kier molecular flexibility index (Phi) is 5.52. The first-order valence-corrected chi connectivity index (χ1v) is 4.55. The summed E-state index contributed by atoms with van der Waals surface area (Å²) in [5.41, 5.74) is 4.16. The molecule has 0 fully saturated rings. The van der Waals surface area contributed by atoms with Gasteiger partial charge in [-0.1, -0.05) is 17.2 Å². The Morgan fingerprint density at radius 3 is 2.17 bits per heavy atom. The van der Waals surface area contributed by atoms with E-state index in [9.17, 15) is 0 Å². The number of allylic oxidation sites excluding steroid dienone is 4. The minimum absolute atomic E-state index is 1.16. The molecule has 0 aromatic carbocycles. The molecule has 0 saturated carbocycles. The monoisotopic (exact) mass is 167 g/mol. The second-order valence-corrected chi connectivity index (χ2v) is 3.48. The van der Waals surface area contributed by atoms with Gasteiger partial charge >= 0.3 is 0 Å². The molecule has 0 radical (unpaired) electrons. The zero-order valence-corrected chi connectivity index (χ0v) is 8.99. The fourth-order valence-corrected chi connectivity index (χ4v) is 0.978. The third kappa shape index (κ3) is 5.00. The van der Waals surface area contributed by atoms with Crippen LogP contribution in [0.25, 0.3) is 0 Å². The molecule has 0 rings (SSSR count). The van der Waals surface area contributed by atoms with Crippen molar-refractivity contribution in [3.63, 3.8) is 0 Å². The van der Waals surface area contributed by atoms with Gasteiger partial charge in [0.15, 0.2) is 0 Å². The smallest absolute Gasteiger partial charge is 0.00616 e. The van der Waals surface area contributed by atoms with Crippen LogP contribution in [-0.2, 0) is 0 Å². The minimum Gasteiger partial charge on any atom is -0.392 e. The number of nitrogens with one attached hydrogen (secondary N) is 1. The van der Waals surface area contributed by atoms with Gasteiger partial charge in [0, 0.05) is 12.7 Å². The third-order valence-electron chi connectivity index (χ3n) is 2.09. The molecule has 0 aromatic heterocycles. The summed E-state index contributed by atoms with van der Waals surface area (Å²) in [6.45, 7) is 8.59. The molecule has 1 nitrogen and oxygen atoms in total. The van der Waals surface area contributed by atoms with E-state index in [-0.39, 0.29) is 0 Å². The van der Waals surface area contributed by atoms with Crippen molar-refractivity contribution >= 4 is 0 Å². The Bertz CT molecular complexity index is 183. The molecule has 0 amide bonds. The highest BCUT2D eigenvalue weighted by Gasteiger charge is 1.92. The summed E-state index contributed by atoms with van der Waals surface area (Å²) in [6.07, 6.45) is 4.61. The molecule has 0 spiro atoms. The van der Waals surface area contributed by atoms with Crippen molar-refractivity contribution < 1.29 is 0 Å². The van der Waals surface area contributed by atoms with Crippen molar-refractivity contribution in [2.45, 2.75) is 40.5 Å². The molecule has 0 heterocycles. The van der Waals surface area contributed by atoms with Gasteiger partial charge in [-0.15, -0.1) is 0 Å². The van der Waals surface area contributed by atoms with Crippen molar-refractivity contribution in [2.75, 3.05) is 7.05 Å². The van der Waals surface area contributed by atoms with Crippen LogP contribution in [0.5, 0.6) is 0 Å². The Morgan fingerprint density at radius 2 is 1.75 bits per heavy atom. The summed E-state index contributed by atoms with van der Waals surface area (Å²) in [5.74, 6) is 0. The molecule has 0 saturated heterocycles. The Morgan fingerprint density at radius 1 is 1.17 bits per heavy atom. The maximum Gasteiger partial charge on any atom is 0.00616 e. The SMILES string of the molecule is CN/C(C)=C(/C)CCC=C(C)C. The Labute approximate surface area is 76.6 Å². The van der Waals surface area contributed by atoms with Crippen molar-refractivity contribution in [1.29, 1.82) is 0 Å². The van der Waals surface area contributed by atoms with Gasteiger partial charge in [-0.2, -0.15) is 0 Å². The van der Waals surface area contributed by atoms with Crippen LogP contribution in [0.2, 0.25) is 0 Å². The van der Waals surface area contributed by atoms with Gasteiger partial charge in [0.05, 0.1) is 0 Å². The lowest BCUT2D eigenvalue weighted by Crippen LogP contribution is -2.04. The maximum atomic E-state index is 3.16. The first-order chi connectivity index (χ1) is 5.57. The summed E-state index contributed by atoms with van der Waals surface area (Å²) in [4.78, 5) is 0. The van der Waals surface area contributed by atoms with Crippen molar-refractivity contribution in [3.05, 3.63) is 22.9 Å². The first kappa shape index (κ1) is 11.3. The number of hydrogen-bond acceptors (Lipinski definition) is 1. The van der Waals surface area contributed by atoms with Crippen molar-refractivity contribution in [1.82, 2.24) is 5.32 Å². The zero-order chi connectivity index (χ0) is 9.56. The van der Waals surface area contributed by atoms with Crippen LogP contribution >= 0.6 is 0 Å². The van der Waals surface area contributed by atoms with E-state index in [1.807, 2.05) is 7.05 Å². The standard InChI is InChI=1S/C11H21N/c1-9(2)7-6-8-10(3)11(4)12-5/h7,12H,6,8H2,1-5H3/b11-10-. The largest absolute Gasteiger partial charge is 0.392 e. The van der Waals surface area contributed by atoms with E-state index < -0.39 is 0 Å². The van der Waals surface area contributed by atoms with Crippen LogP contribution < -0.4 is 5.32 Å². The molecule has 0 unspecified atom stereocenters. The highest BCUT2D eigenvalue weighted by Crippen LogP contribution is 2.09. The molecule has 70 valence electrons. The summed E-state index contributed by atoms with van der Waals surface area (Å²) >= 11 is 0. The quantitative estimate of drug-likeness (QED) is 0.634. The zero-order valence-electron chi connectivity index (χ0n) is 8.99. The molecular formula is C11H21N. The average Bonchev–Trinajstić information content (AvgIpc) is 2.02. The molecule has 1 heteroatoms. The fraction of sp³-hybridized carbons (Fsp3) is 0.636. The predicted molar refractivity (Wildman–Crippen MR) is 56.1 cm³/mol. The van der Waals surface area contributed by atoms with E-state index in [1.165, 1.54) is 16.8 Å². The van der Waals surface area contributed by atoms with Crippen LogP contribution in [0, 0.1) is 0 Å². The van der Waals surface area contributed by atoms with Gasteiger partial charge in [-0.25, -0.2) is 0 Å². The summed E-state index contributed by atoms with van der Waals surface area (Å²) in [5, 5.41) is 3.16. The molecule has 0 aliphatic rings. The first-order valence-electron chi connectivity index (χ1n) is 4.55. The van der Waals surface area contributed by atoms with E-state index in [0.29, 0.717) is 0 Å². The topological polar surface area (TPSA) is 12.0 Å². The van der Waals surface area contributed by atoms with Crippen LogP contribution in [-0.4, -0.2) is 7.05 Å². The Hall–Kier alpha value is -0.720. The maximum absolute atomic E-state index is 3.16. The van der Waals surface area contributed by atoms with E-state index in [1.54, 1.807) is 0 Å². The van der Waals surface area contributed by atoms with Gasteiger partial charge in [-0.3, -0.25) is 0 Å². The number of hydrogen-bond donors (Lipinski definition) is 1. The van der Waals surface area contributed by atoms with Crippen molar-refractivity contribution in [2.24, 2.45) is 0 Å². The summed E-state index contributed by atoms with van der Waals surface area (Å²) < 4.78 is 0. The lowest BCUT2D eigenvalue weighted by atomic mass is 10.1. The molecule has 1 N–H and O–H groups in total. The lowest BCUT2D eigenvalue weighted by Gasteiger charge is -2.05. The van der Waals surface area contributed by atoms with E-state index in [0.717, 1.165) is 12.8 Å². The Balaban J connectivity index is 3.86. The normalized spacial score (nSPS) is 12.1.